The summed E-state index contributed by atoms with van der Waals surface area (Å²) in [5.41, 5.74) is 5.95. The maximum atomic E-state index is 5.79. The van der Waals surface area contributed by atoms with Gasteiger partial charge in [0.1, 0.15) is 12.4 Å². The summed E-state index contributed by atoms with van der Waals surface area (Å²) in [6.45, 7) is 4.94. The zero-order valence-corrected chi connectivity index (χ0v) is 16.3. The van der Waals surface area contributed by atoms with Crippen LogP contribution in [0.5, 0.6) is 5.75 Å². The Hall–Kier alpha value is -2.02. The number of fused-ring (bicyclic) bond motifs is 1. The number of hydrogen-bond donors (Lipinski definition) is 0. The minimum Gasteiger partial charge on any atom is -0.490 e. The second kappa shape index (κ2) is 9.62. The first-order valence-electron chi connectivity index (χ1n) is 10.2. The SMILES string of the molecule is CC=CCOc1ccc2c(c1)CCC(c1ccc(CCCCC)cc1)C2. The van der Waals surface area contributed by atoms with Crippen LogP contribution in [0.2, 0.25) is 0 Å². The third-order valence-corrected chi connectivity index (χ3v) is 5.51. The van der Waals surface area contributed by atoms with E-state index in [0.29, 0.717) is 12.5 Å². The number of hydrogen-bond acceptors (Lipinski definition) is 1. The third kappa shape index (κ3) is 5.00. The Morgan fingerprint density at radius 2 is 1.88 bits per heavy atom. The van der Waals surface area contributed by atoms with E-state index < -0.39 is 0 Å². The second-order valence-corrected chi connectivity index (χ2v) is 7.45. The number of unbranched alkanes of at least 4 members (excludes halogenated alkanes) is 2. The third-order valence-electron chi connectivity index (χ3n) is 5.51. The van der Waals surface area contributed by atoms with Gasteiger partial charge < -0.3 is 4.74 Å². The van der Waals surface area contributed by atoms with Crippen LogP contribution in [-0.4, -0.2) is 6.61 Å². The Kier molecular flexibility index (Phi) is 6.94. The van der Waals surface area contributed by atoms with E-state index in [-0.39, 0.29) is 0 Å². The van der Waals surface area contributed by atoms with Crippen molar-refractivity contribution in [2.45, 2.75) is 64.7 Å². The molecule has 1 aliphatic rings. The first kappa shape index (κ1) is 18.8. The molecule has 1 atom stereocenters. The molecule has 0 heterocycles. The molecule has 1 nitrogen and oxygen atoms in total. The molecule has 1 aliphatic carbocycles. The van der Waals surface area contributed by atoms with Crippen LogP contribution in [0.4, 0.5) is 0 Å². The smallest absolute Gasteiger partial charge is 0.120 e. The largest absolute Gasteiger partial charge is 0.490 e. The van der Waals surface area contributed by atoms with E-state index in [1.165, 1.54) is 54.4 Å². The molecule has 0 aromatic heterocycles. The van der Waals surface area contributed by atoms with Gasteiger partial charge in [-0.05, 0) is 79.3 Å². The highest BCUT2D eigenvalue weighted by Crippen LogP contribution is 2.34. The van der Waals surface area contributed by atoms with Crippen LogP contribution in [-0.2, 0) is 19.3 Å². The second-order valence-electron chi connectivity index (χ2n) is 7.45. The molecule has 0 aliphatic heterocycles. The number of ether oxygens (including phenoxy) is 1. The summed E-state index contributed by atoms with van der Waals surface area (Å²) in [6, 6.07) is 16.1. The van der Waals surface area contributed by atoms with Crippen molar-refractivity contribution in [3.63, 3.8) is 0 Å². The summed E-state index contributed by atoms with van der Waals surface area (Å²) in [5, 5.41) is 0. The Labute approximate surface area is 159 Å². The van der Waals surface area contributed by atoms with E-state index in [0.717, 1.165) is 18.6 Å². The Morgan fingerprint density at radius 3 is 2.65 bits per heavy atom. The average Bonchev–Trinajstić information content (AvgIpc) is 2.68. The van der Waals surface area contributed by atoms with Gasteiger partial charge in [0.25, 0.3) is 0 Å². The molecule has 0 radical (unpaired) electrons. The van der Waals surface area contributed by atoms with Gasteiger partial charge in [0.2, 0.25) is 0 Å². The Balaban J connectivity index is 1.61. The lowest BCUT2D eigenvalue weighted by Crippen LogP contribution is -2.13. The standard InChI is InChI=1S/C25H32O/c1-3-5-7-8-20-9-11-21(12-10-20)22-13-14-24-19-25(26-17-6-4-2)16-15-23(24)18-22/h4,6,9-12,15-16,19,22H,3,5,7-8,13-14,17-18H2,1-2H3. The summed E-state index contributed by atoms with van der Waals surface area (Å²) in [4.78, 5) is 0. The lowest BCUT2D eigenvalue weighted by atomic mass is 9.80. The van der Waals surface area contributed by atoms with Crippen molar-refractivity contribution < 1.29 is 4.74 Å². The van der Waals surface area contributed by atoms with Crippen LogP contribution >= 0.6 is 0 Å². The van der Waals surface area contributed by atoms with Crippen LogP contribution in [0.15, 0.2) is 54.6 Å². The monoisotopic (exact) mass is 348 g/mol. The van der Waals surface area contributed by atoms with Gasteiger partial charge in [-0.3, -0.25) is 0 Å². The first-order valence-corrected chi connectivity index (χ1v) is 10.2. The molecule has 0 spiro atoms. The molecule has 2 aromatic rings. The van der Waals surface area contributed by atoms with Crippen LogP contribution < -0.4 is 4.74 Å². The van der Waals surface area contributed by atoms with E-state index in [1.807, 2.05) is 19.1 Å². The van der Waals surface area contributed by atoms with Gasteiger partial charge in [-0.1, -0.05) is 62.2 Å². The summed E-state index contributed by atoms with van der Waals surface area (Å²) >= 11 is 0. The quantitative estimate of drug-likeness (QED) is 0.383. The predicted molar refractivity (Wildman–Crippen MR) is 111 cm³/mol. The van der Waals surface area contributed by atoms with Gasteiger partial charge in [-0.25, -0.2) is 0 Å². The van der Waals surface area contributed by atoms with Gasteiger partial charge in [-0.2, -0.15) is 0 Å². The van der Waals surface area contributed by atoms with Crippen molar-refractivity contribution in [2.24, 2.45) is 0 Å². The number of allylic oxidation sites excluding steroid dienone is 1. The lowest BCUT2D eigenvalue weighted by molar-refractivity contribution is 0.361. The van der Waals surface area contributed by atoms with Crippen molar-refractivity contribution in [1.82, 2.24) is 0 Å². The molecule has 2 aromatic carbocycles. The van der Waals surface area contributed by atoms with Gasteiger partial charge in [0.05, 0.1) is 0 Å². The average molecular weight is 349 g/mol. The normalized spacial score (nSPS) is 16.6. The molecule has 1 unspecified atom stereocenters. The molecular weight excluding hydrogens is 316 g/mol. The Bertz CT molecular complexity index is 711. The fourth-order valence-electron chi connectivity index (χ4n) is 3.88. The van der Waals surface area contributed by atoms with E-state index in [4.69, 9.17) is 4.74 Å². The summed E-state index contributed by atoms with van der Waals surface area (Å²) in [7, 11) is 0. The van der Waals surface area contributed by atoms with Gasteiger partial charge in [0.15, 0.2) is 0 Å². The van der Waals surface area contributed by atoms with E-state index in [2.05, 4.69) is 49.4 Å². The van der Waals surface area contributed by atoms with Crippen molar-refractivity contribution in [2.75, 3.05) is 6.61 Å². The number of benzene rings is 2. The highest BCUT2D eigenvalue weighted by Gasteiger charge is 2.20. The van der Waals surface area contributed by atoms with Gasteiger partial charge in [0, 0.05) is 0 Å². The molecule has 0 saturated carbocycles. The van der Waals surface area contributed by atoms with Crippen LogP contribution in [0.1, 0.15) is 67.7 Å². The number of rotatable bonds is 8. The molecule has 0 amide bonds. The molecule has 0 bridgehead atoms. The van der Waals surface area contributed by atoms with Crippen LogP contribution in [0.25, 0.3) is 0 Å². The van der Waals surface area contributed by atoms with E-state index in [1.54, 1.807) is 0 Å². The lowest BCUT2D eigenvalue weighted by Gasteiger charge is -2.25. The maximum absolute atomic E-state index is 5.79. The summed E-state index contributed by atoms with van der Waals surface area (Å²) < 4.78 is 5.79. The van der Waals surface area contributed by atoms with Crippen LogP contribution in [0.3, 0.4) is 0 Å². The fraction of sp³-hybridized carbons (Fsp3) is 0.440. The minimum atomic E-state index is 0.655. The summed E-state index contributed by atoms with van der Waals surface area (Å²) in [5.74, 6) is 1.65. The van der Waals surface area contributed by atoms with Crippen LogP contribution in [0, 0.1) is 0 Å². The highest BCUT2D eigenvalue weighted by molar-refractivity contribution is 5.40. The highest BCUT2D eigenvalue weighted by atomic mass is 16.5. The molecule has 0 fully saturated rings. The Morgan fingerprint density at radius 1 is 1.04 bits per heavy atom. The zero-order chi connectivity index (χ0) is 18.2. The topological polar surface area (TPSA) is 9.23 Å². The summed E-state index contributed by atoms with van der Waals surface area (Å²) in [6.07, 6.45) is 12.8. The van der Waals surface area contributed by atoms with Gasteiger partial charge >= 0.3 is 0 Å². The van der Waals surface area contributed by atoms with E-state index >= 15 is 0 Å². The molecule has 0 saturated heterocycles. The molecule has 1 heteroatoms. The maximum Gasteiger partial charge on any atom is 0.120 e. The predicted octanol–water partition coefficient (Wildman–Crippen LogP) is 6.65. The first-order chi connectivity index (χ1) is 12.8. The fourth-order valence-corrected chi connectivity index (χ4v) is 3.88. The molecule has 26 heavy (non-hydrogen) atoms. The van der Waals surface area contributed by atoms with Crippen molar-refractivity contribution in [3.8, 4) is 5.75 Å². The number of aryl methyl sites for hydroxylation is 2. The van der Waals surface area contributed by atoms with Crippen molar-refractivity contribution >= 4 is 0 Å². The van der Waals surface area contributed by atoms with Gasteiger partial charge in [-0.15, -0.1) is 0 Å². The molecule has 3 rings (SSSR count). The minimum absolute atomic E-state index is 0.655. The molecule has 0 N–H and O–H groups in total. The molecule has 138 valence electrons. The zero-order valence-electron chi connectivity index (χ0n) is 16.3. The molecular formula is C25H32O. The van der Waals surface area contributed by atoms with Crippen molar-refractivity contribution in [1.29, 1.82) is 0 Å². The van der Waals surface area contributed by atoms with Crippen molar-refractivity contribution in [3.05, 3.63) is 76.9 Å². The van der Waals surface area contributed by atoms with E-state index in [9.17, 15) is 0 Å².